The molecule has 0 aromatic carbocycles. The summed E-state index contributed by atoms with van der Waals surface area (Å²) >= 11 is 0. The Bertz CT molecular complexity index is 344. The zero-order valence-electron chi connectivity index (χ0n) is 23.9. The highest BCUT2D eigenvalue weighted by Gasteiger charge is 2.07. The van der Waals surface area contributed by atoms with Crippen molar-refractivity contribution in [1.82, 2.24) is 0 Å². The number of hydrogen-bond donors (Lipinski definition) is 0. The van der Waals surface area contributed by atoms with Gasteiger partial charge in [0, 0.05) is 0 Å². The van der Waals surface area contributed by atoms with Crippen molar-refractivity contribution >= 4 is 0 Å². The predicted molar refractivity (Wildman–Crippen MR) is 150 cm³/mol. The number of hydrogen-bond acceptors (Lipinski definition) is 0. The molecule has 0 radical (unpaired) electrons. The van der Waals surface area contributed by atoms with Crippen LogP contribution in [0.4, 0.5) is 0 Å². The number of rotatable bonds is 25. The zero-order chi connectivity index (χ0) is 23.9. The van der Waals surface area contributed by atoms with Crippen LogP contribution in [0.15, 0.2) is 0 Å². The van der Waals surface area contributed by atoms with Crippen LogP contribution in [0, 0.1) is 23.7 Å². The third kappa shape index (κ3) is 24.6. The molecule has 0 saturated carbocycles. The monoisotopic (exact) mass is 451 g/mol. The van der Waals surface area contributed by atoms with Gasteiger partial charge in [0.15, 0.2) is 0 Å². The summed E-state index contributed by atoms with van der Waals surface area (Å²) in [6.07, 6.45) is 32.1. The molecule has 0 saturated heterocycles. The first-order valence-electron chi connectivity index (χ1n) is 15.5. The van der Waals surface area contributed by atoms with E-state index in [0.717, 1.165) is 23.7 Å². The fraction of sp³-hybridized carbons (Fsp3) is 1.00. The van der Waals surface area contributed by atoms with Crippen molar-refractivity contribution in [3.05, 3.63) is 0 Å². The van der Waals surface area contributed by atoms with Crippen LogP contribution in [0.3, 0.4) is 0 Å². The molecule has 3 atom stereocenters. The summed E-state index contributed by atoms with van der Waals surface area (Å²) in [6.45, 7) is 14.5. The van der Waals surface area contributed by atoms with Crippen molar-refractivity contribution in [2.24, 2.45) is 23.7 Å². The first kappa shape index (κ1) is 32.0. The van der Waals surface area contributed by atoms with E-state index in [1.807, 2.05) is 0 Å². The lowest BCUT2D eigenvalue weighted by Gasteiger charge is -2.15. The lowest BCUT2D eigenvalue weighted by molar-refractivity contribution is 0.385. The second-order valence-electron chi connectivity index (χ2n) is 12.2. The molecule has 0 fully saturated rings. The van der Waals surface area contributed by atoms with Crippen LogP contribution in [0.1, 0.15) is 183 Å². The Morgan fingerprint density at radius 3 is 0.969 bits per heavy atom. The van der Waals surface area contributed by atoms with Crippen molar-refractivity contribution < 1.29 is 0 Å². The predicted octanol–water partition coefficient (Wildman–Crippen LogP) is 12.2. The minimum Gasteiger partial charge on any atom is -0.0654 e. The topological polar surface area (TPSA) is 0 Å². The zero-order valence-corrected chi connectivity index (χ0v) is 23.9. The fourth-order valence-corrected chi connectivity index (χ4v) is 5.25. The lowest BCUT2D eigenvalue weighted by atomic mass is 9.91. The van der Waals surface area contributed by atoms with Crippen LogP contribution in [0.5, 0.6) is 0 Å². The molecule has 0 N–H and O–H groups in total. The summed E-state index contributed by atoms with van der Waals surface area (Å²) in [5.41, 5.74) is 0. The van der Waals surface area contributed by atoms with Crippen LogP contribution in [-0.4, -0.2) is 0 Å². The van der Waals surface area contributed by atoms with Gasteiger partial charge in [0.1, 0.15) is 0 Å². The highest BCUT2D eigenvalue weighted by Crippen LogP contribution is 2.22. The van der Waals surface area contributed by atoms with E-state index in [-0.39, 0.29) is 0 Å². The van der Waals surface area contributed by atoms with Gasteiger partial charge < -0.3 is 0 Å². The van der Waals surface area contributed by atoms with Crippen LogP contribution >= 0.6 is 0 Å². The Morgan fingerprint density at radius 1 is 0.312 bits per heavy atom. The molecule has 0 heteroatoms. The summed E-state index contributed by atoms with van der Waals surface area (Å²) in [4.78, 5) is 0. The van der Waals surface area contributed by atoms with Gasteiger partial charge in [-0.1, -0.05) is 183 Å². The van der Waals surface area contributed by atoms with Crippen molar-refractivity contribution in [3.63, 3.8) is 0 Å². The second-order valence-corrected chi connectivity index (χ2v) is 12.2. The summed E-state index contributed by atoms with van der Waals surface area (Å²) < 4.78 is 0. The molecule has 0 amide bonds. The van der Waals surface area contributed by atoms with Crippen LogP contribution in [0.2, 0.25) is 0 Å². The van der Waals surface area contributed by atoms with E-state index in [9.17, 15) is 0 Å². The Morgan fingerprint density at radius 2 is 0.594 bits per heavy atom. The molecule has 0 aromatic heterocycles. The average molecular weight is 451 g/mol. The van der Waals surface area contributed by atoms with E-state index in [0.29, 0.717) is 0 Å². The molecule has 0 bridgehead atoms. The summed E-state index contributed by atoms with van der Waals surface area (Å²) in [5.74, 6) is 3.75. The second kappa shape index (κ2) is 24.1. The molecule has 0 heterocycles. The van der Waals surface area contributed by atoms with Gasteiger partial charge in [-0.3, -0.25) is 0 Å². The molecule has 3 unspecified atom stereocenters. The Balaban J connectivity index is 3.35. The summed E-state index contributed by atoms with van der Waals surface area (Å²) in [6, 6.07) is 0. The molecule has 194 valence electrons. The van der Waals surface area contributed by atoms with E-state index < -0.39 is 0 Å². The molecule has 0 spiro atoms. The van der Waals surface area contributed by atoms with Crippen LogP contribution in [-0.2, 0) is 0 Å². The minimum absolute atomic E-state index is 0.893. The third-order valence-electron chi connectivity index (χ3n) is 7.82. The van der Waals surface area contributed by atoms with Crippen LogP contribution in [0.25, 0.3) is 0 Å². The van der Waals surface area contributed by atoms with E-state index in [1.165, 1.54) is 141 Å². The van der Waals surface area contributed by atoms with Gasteiger partial charge in [-0.2, -0.15) is 0 Å². The van der Waals surface area contributed by atoms with Crippen molar-refractivity contribution in [2.75, 3.05) is 0 Å². The van der Waals surface area contributed by atoms with Crippen LogP contribution < -0.4 is 0 Å². The average Bonchev–Trinajstić information content (AvgIpc) is 2.75. The molecule has 0 aliphatic rings. The smallest absolute Gasteiger partial charge is 0.0443 e. The lowest BCUT2D eigenvalue weighted by Crippen LogP contribution is -2.00. The largest absolute Gasteiger partial charge is 0.0654 e. The molecule has 0 aromatic rings. The van der Waals surface area contributed by atoms with E-state index in [4.69, 9.17) is 0 Å². The first-order valence-corrected chi connectivity index (χ1v) is 15.5. The first-order chi connectivity index (χ1) is 15.5. The summed E-state index contributed by atoms with van der Waals surface area (Å²) in [7, 11) is 0. The Labute approximate surface area is 206 Å². The van der Waals surface area contributed by atoms with E-state index in [1.54, 1.807) is 0 Å². The summed E-state index contributed by atoms with van der Waals surface area (Å²) in [5, 5.41) is 0. The van der Waals surface area contributed by atoms with E-state index in [2.05, 4.69) is 41.5 Å². The maximum Gasteiger partial charge on any atom is -0.0443 e. The molecule has 0 aliphatic heterocycles. The third-order valence-corrected chi connectivity index (χ3v) is 7.82. The van der Waals surface area contributed by atoms with Crippen molar-refractivity contribution in [2.45, 2.75) is 183 Å². The molecule has 0 aliphatic carbocycles. The van der Waals surface area contributed by atoms with Gasteiger partial charge in [0.25, 0.3) is 0 Å². The molecular weight excluding hydrogens is 384 g/mol. The van der Waals surface area contributed by atoms with Gasteiger partial charge in [0.05, 0.1) is 0 Å². The fourth-order valence-electron chi connectivity index (χ4n) is 5.25. The molecule has 0 rings (SSSR count). The Kier molecular flexibility index (Phi) is 24.1. The molecule has 32 heavy (non-hydrogen) atoms. The van der Waals surface area contributed by atoms with Crippen molar-refractivity contribution in [1.29, 1.82) is 0 Å². The van der Waals surface area contributed by atoms with Crippen molar-refractivity contribution in [3.8, 4) is 0 Å². The number of unbranched alkanes of at least 4 members (excludes halogenated alkanes) is 11. The molecule has 0 nitrogen and oxygen atoms in total. The van der Waals surface area contributed by atoms with Gasteiger partial charge >= 0.3 is 0 Å². The van der Waals surface area contributed by atoms with Gasteiger partial charge in [-0.05, 0) is 23.7 Å². The van der Waals surface area contributed by atoms with Gasteiger partial charge in [0.2, 0.25) is 0 Å². The maximum absolute atomic E-state index is 2.50. The highest BCUT2D eigenvalue weighted by atomic mass is 14.1. The van der Waals surface area contributed by atoms with Gasteiger partial charge in [-0.25, -0.2) is 0 Å². The van der Waals surface area contributed by atoms with E-state index >= 15 is 0 Å². The quantitative estimate of drug-likeness (QED) is 0.121. The standard InChI is InChI=1S/C32H66/c1-7-8-23-30(4)25-19-16-20-26-32(6)28-21-27-31(5)24-18-15-13-11-9-10-12-14-17-22-29(2)3/h29-32H,7-28H2,1-6H3. The Hall–Kier alpha value is 0. The SMILES string of the molecule is CCCCC(C)CCCCCC(C)CCCC(C)CCCCCCCCCCCC(C)C. The van der Waals surface area contributed by atoms with Gasteiger partial charge in [-0.15, -0.1) is 0 Å². The normalized spacial score (nSPS) is 14.7. The highest BCUT2D eigenvalue weighted by molar-refractivity contribution is 4.60. The maximum atomic E-state index is 2.50. The molecular formula is C32H66. The minimum atomic E-state index is 0.893.